The van der Waals surface area contributed by atoms with Crippen molar-refractivity contribution >= 4 is 17.6 Å². The number of carbonyl (C=O) groups is 2. The molecule has 0 aromatic heterocycles. The molecule has 0 radical (unpaired) electrons. The van der Waals surface area contributed by atoms with Crippen molar-refractivity contribution in [3.05, 3.63) is 65.2 Å². The van der Waals surface area contributed by atoms with E-state index >= 15 is 0 Å². The van der Waals surface area contributed by atoms with E-state index in [0.717, 1.165) is 24.1 Å². The highest BCUT2D eigenvalue weighted by Crippen LogP contribution is 2.27. The van der Waals surface area contributed by atoms with Crippen LogP contribution in [0.25, 0.3) is 0 Å². The third-order valence-electron chi connectivity index (χ3n) is 5.61. The summed E-state index contributed by atoms with van der Waals surface area (Å²) in [5, 5.41) is 9.10. The van der Waals surface area contributed by atoms with Crippen molar-refractivity contribution in [1.29, 1.82) is 0 Å². The maximum absolute atomic E-state index is 12.5. The molecule has 5 nitrogen and oxygen atoms in total. The topological polar surface area (TPSA) is 66.8 Å². The van der Waals surface area contributed by atoms with Gasteiger partial charge in [0.15, 0.2) is 0 Å². The highest BCUT2D eigenvalue weighted by atomic mass is 16.5. The minimum Gasteiger partial charge on any atom is -0.478 e. The lowest BCUT2D eigenvalue weighted by molar-refractivity contribution is -0.117. The number of hydrogen-bond acceptors (Lipinski definition) is 3. The van der Waals surface area contributed by atoms with Crippen LogP contribution in [0.1, 0.15) is 66.9 Å². The maximum atomic E-state index is 12.5. The van der Waals surface area contributed by atoms with Crippen LogP contribution in [0.2, 0.25) is 0 Å². The van der Waals surface area contributed by atoms with E-state index in [2.05, 4.69) is 19.1 Å². The fourth-order valence-electron chi connectivity index (χ4n) is 3.94. The highest BCUT2D eigenvalue weighted by molar-refractivity contribution is 5.96. The predicted octanol–water partition coefficient (Wildman–Crippen LogP) is 5.22. The number of ether oxygens (including phenoxy) is 1. The molecule has 1 saturated heterocycles. The molecule has 0 saturated carbocycles. The van der Waals surface area contributed by atoms with Gasteiger partial charge in [-0.1, -0.05) is 50.5 Å². The average Bonchev–Trinajstić information content (AvgIpc) is 3.12. The largest absolute Gasteiger partial charge is 0.478 e. The van der Waals surface area contributed by atoms with Crippen LogP contribution in [0.3, 0.4) is 0 Å². The lowest BCUT2D eigenvalue weighted by Crippen LogP contribution is -2.36. The van der Waals surface area contributed by atoms with Crippen molar-refractivity contribution in [2.24, 2.45) is 0 Å². The summed E-state index contributed by atoms with van der Waals surface area (Å²) in [5.74, 6) is -0.814. The van der Waals surface area contributed by atoms with Crippen LogP contribution < -0.4 is 4.90 Å². The smallest absolute Gasteiger partial charge is 0.335 e. The molecular formula is C25H31NO4. The van der Waals surface area contributed by atoms with Gasteiger partial charge in [-0.3, -0.25) is 4.79 Å². The second-order valence-corrected chi connectivity index (χ2v) is 7.95. The number of amides is 1. The first-order valence-corrected chi connectivity index (χ1v) is 10.9. The predicted molar refractivity (Wildman–Crippen MR) is 118 cm³/mol. The van der Waals surface area contributed by atoms with Gasteiger partial charge in [0.1, 0.15) is 0 Å². The van der Waals surface area contributed by atoms with Gasteiger partial charge in [0.25, 0.3) is 0 Å². The first-order chi connectivity index (χ1) is 14.6. The lowest BCUT2D eigenvalue weighted by atomic mass is 10.1. The van der Waals surface area contributed by atoms with E-state index in [4.69, 9.17) is 9.84 Å². The molecule has 3 rings (SSSR count). The summed E-state index contributed by atoms with van der Waals surface area (Å²) in [7, 11) is 0. The fraction of sp³-hybridized carbons (Fsp3) is 0.440. The zero-order chi connectivity index (χ0) is 21.3. The van der Waals surface area contributed by atoms with Crippen LogP contribution in [0.5, 0.6) is 0 Å². The Bertz CT molecular complexity index is 846. The zero-order valence-corrected chi connectivity index (χ0v) is 17.7. The molecule has 0 spiro atoms. The summed E-state index contributed by atoms with van der Waals surface area (Å²) in [6, 6.07) is 15.1. The fourth-order valence-corrected chi connectivity index (χ4v) is 3.94. The Balaban J connectivity index is 1.55. The first-order valence-electron chi connectivity index (χ1n) is 10.9. The molecule has 5 heteroatoms. The Morgan fingerprint density at radius 3 is 2.63 bits per heavy atom. The van der Waals surface area contributed by atoms with Crippen molar-refractivity contribution in [1.82, 2.24) is 0 Å². The Morgan fingerprint density at radius 1 is 1.10 bits per heavy atom. The van der Waals surface area contributed by atoms with E-state index in [1.54, 1.807) is 18.2 Å². The van der Waals surface area contributed by atoms with Gasteiger partial charge in [0.2, 0.25) is 5.91 Å². The molecule has 0 aliphatic carbocycles. The molecule has 2 aromatic rings. The van der Waals surface area contributed by atoms with E-state index in [9.17, 15) is 9.59 Å². The van der Waals surface area contributed by atoms with Gasteiger partial charge in [-0.15, -0.1) is 0 Å². The van der Waals surface area contributed by atoms with Crippen LogP contribution in [-0.2, 0) is 22.6 Å². The number of aromatic carboxylic acids is 1. The molecule has 1 N–H and O–H groups in total. The molecule has 30 heavy (non-hydrogen) atoms. The Morgan fingerprint density at radius 2 is 1.90 bits per heavy atom. The number of rotatable bonds is 11. The van der Waals surface area contributed by atoms with Crippen molar-refractivity contribution in [2.45, 2.75) is 64.5 Å². The minimum absolute atomic E-state index is 0.00978. The number of aryl methyl sites for hydroxylation is 1. The zero-order valence-electron chi connectivity index (χ0n) is 17.7. The third-order valence-corrected chi connectivity index (χ3v) is 5.61. The van der Waals surface area contributed by atoms with Gasteiger partial charge in [0.05, 0.1) is 24.8 Å². The number of carboxylic acids is 1. The van der Waals surface area contributed by atoms with E-state index in [1.165, 1.54) is 31.2 Å². The van der Waals surface area contributed by atoms with Crippen molar-refractivity contribution < 1.29 is 19.4 Å². The summed E-state index contributed by atoms with van der Waals surface area (Å²) in [6.45, 7) is 2.98. The van der Waals surface area contributed by atoms with Crippen molar-refractivity contribution in [3.63, 3.8) is 0 Å². The van der Waals surface area contributed by atoms with Crippen LogP contribution >= 0.6 is 0 Å². The Labute approximate surface area is 178 Å². The van der Waals surface area contributed by atoms with Gasteiger partial charge in [-0.25, -0.2) is 4.79 Å². The molecule has 1 amide bonds. The second kappa shape index (κ2) is 10.9. The van der Waals surface area contributed by atoms with Crippen molar-refractivity contribution in [2.75, 3.05) is 11.5 Å². The SMILES string of the molecule is CCCCCCc1ccc(N2C(=O)CC[C@H]2COCc2cccc(C(=O)O)c2)cc1. The quantitative estimate of drug-likeness (QED) is 0.517. The summed E-state index contributed by atoms with van der Waals surface area (Å²) >= 11 is 0. The molecule has 1 aliphatic heterocycles. The Hall–Kier alpha value is -2.66. The number of hydrogen-bond donors (Lipinski definition) is 1. The second-order valence-electron chi connectivity index (χ2n) is 7.95. The molecule has 2 aromatic carbocycles. The molecule has 1 heterocycles. The number of nitrogens with zero attached hydrogens (tertiary/aromatic N) is 1. The van der Waals surface area contributed by atoms with Crippen LogP contribution in [0.15, 0.2) is 48.5 Å². The van der Waals surface area contributed by atoms with E-state index in [-0.39, 0.29) is 17.5 Å². The number of benzene rings is 2. The molecule has 1 fully saturated rings. The van der Waals surface area contributed by atoms with E-state index in [1.807, 2.05) is 23.1 Å². The summed E-state index contributed by atoms with van der Waals surface area (Å²) in [6.07, 6.45) is 7.37. The van der Waals surface area contributed by atoms with Crippen molar-refractivity contribution in [3.8, 4) is 0 Å². The summed E-state index contributed by atoms with van der Waals surface area (Å²) in [5.41, 5.74) is 3.31. The van der Waals surface area contributed by atoms with Gasteiger partial charge >= 0.3 is 5.97 Å². The van der Waals surface area contributed by atoms with Crippen LogP contribution in [-0.4, -0.2) is 29.6 Å². The standard InChI is InChI=1S/C25H31NO4/c1-2-3-4-5-7-19-10-12-22(13-11-19)26-23(14-15-24(26)27)18-30-17-20-8-6-9-21(16-20)25(28)29/h6,8-13,16,23H,2-5,7,14-15,17-18H2,1H3,(H,28,29)/t23-/m0/s1. The van der Waals surface area contributed by atoms with Gasteiger partial charge in [-0.2, -0.15) is 0 Å². The molecule has 160 valence electrons. The first kappa shape index (κ1) is 22.0. The van der Waals surface area contributed by atoms with Gasteiger partial charge in [0, 0.05) is 12.1 Å². The number of carbonyl (C=O) groups excluding carboxylic acids is 1. The summed E-state index contributed by atoms with van der Waals surface area (Å²) < 4.78 is 5.85. The molecular weight excluding hydrogens is 378 g/mol. The van der Waals surface area contributed by atoms with E-state index < -0.39 is 5.97 Å². The molecule has 0 bridgehead atoms. The normalized spacial score (nSPS) is 16.2. The lowest BCUT2D eigenvalue weighted by Gasteiger charge is -2.25. The minimum atomic E-state index is -0.946. The van der Waals surface area contributed by atoms with Crippen LogP contribution in [0, 0.1) is 0 Å². The monoisotopic (exact) mass is 409 g/mol. The van der Waals surface area contributed by atoms with Gasteiger partial charge in [-0.05, 0) is 54.7 Å². The average molecular weight is 410 g/mol. The summed E-state index contributed by atoms with van der Waals surface area (Å²) in [4.78, 5) is 25.4. The van der Waals surface area contributed by atoms with Gasteiger partial charge < -0.3 is 14.7 Å². The number of unbranched alkanes of at least 4 members (excludes halogenated alkanes) is 3. The van der Waals surface area contributed by atoms with E-state index in [0.29, 0.717) is 19.6 Å². The maximum Gasteiger partial charge on any atom is 0.335 e. The highest BCUT2D eigenvalue weighted by Gasteiger charge is 2.32. The number of anilines is 1. The molecule has 1 aliphatic rings. The van der Waals surface area contributed by atoms with Crippen LogP contribution in [0.4, 0.5) is 5.69 Å². The number of carboxylic acid groups (broad SMARTS) is 1. The Kier molecular flexibility index (Phi) is 8.03. The molecule has 1 atom stereocenters. The third kappa shape index (κ3) is 5.92. The molecule has 0 unspecified atom stereocenters.